The van der Waals surface area contributed by atoms with Gasteiger partial charge in [-0.2, -0.15) is 0 Å². The van der Waals surface area contributed by atoms with Crippen LogP contribution in [-0.2, 0) is 4.79 Å². The Bertz CT molecular complexity index is 729. The number of aromatic nitrogens is 1. The molecule has 0 saturated carbocycles. The van der Waals surface area contributed by atoms with Gasteiger partial charge in [-0.3, -0.25) is 4.79 Å². The zero-order valence-corrected chi connectivity index (χ0v) is 11.3. The fraction of sp³-hybridized carbons (Fsp3) is 0.267. The first kappa shape index (κ1) is 13.4. The number of hydrogen-bond donors (Lipinski definition) is 2. The van der Waals surface area contributed by atoms with Crippen molar-refractivity contribution in [1.29, 1.82) is 0 Å². The highest BCUT2D eigenvalue weighted by Gasteiger charge is 2.32. The molecule has 1 fully saturated rings. The van der Waals surface area contributed by atoms with Gasteiger partial charge >= 0.3 is 5.97 Å². The molecule has 1 aromatic heterocycles. The smallest absolute Gasteiger partial charge is 0.326 e. The van der Waals surface area contributed by atoms with E-state index in [1.54, 1.807) is 23.1 Å². The summed E-state index contributed by atoms with van der Waals surface area (Å²) < 4.78 is 0. The summed E-state index contributed by atoms with van der Waals surface area (Å²) in [6.45, 7) is 0.612. The molecule has 6 heteroatoms. The Hall–Kier alpha value is -2.63. The second kappa shape index (κ2) is 5.05. The SMILES string of the molecule is NC(=O)c1cc(N2CCCC2C(=O)O)nc2ccccc12. The minimum Gasteiger partial charge on any atom is -0.480 e. The molecule has 1 saturated heterocycles. The Morgan fingerprint density at radius 1 is 1.33 bits per heavy atom. The molecule has 0 spiro atoms. The number of nitrogens with zero attached hydrogens (tertiary/aromatic N) is 2. The Balaban J connectivity index is 2.15. The first-order valence-electron chi connectivity index (χ1n) is 6.77. The van der Waals surface area contributed by atoms with Gasteiger partial charge in [-0.05, 0) is 25.0 Å². The van der Waals surface area contributed by atoms with Gasteiger partial charge in [0.25, 0.3) is 0 Å². The Labute approximate surface area is 121 Å². The van der Waals surface area contributed by atoms with E-state index in [0.717, 1.165) is 6.42 Å². The lowest BCUT2D eigenvalue weighted by Crippen LogP contribution is -2.36. The van der Waals surface area contributed by atoms with Gasteiger partial charge in [-0.25, -0.2) is 9.78 Å². The number of benzene rings is 1. The maximum atomic E-state index is 11.7. The number of rotatable bonds is 3. The number of anilines is 1. The van der Waals surface area contributed by atoms with Crippen LogP contribution in [0.3, 0.4) is 0 Å². The summed E-state index contributed by atoms with van der Waals surface area (Å²) in [7, 11) is 0. The number of aliphatic carboxylic acids is 1. The number of para-hydroxylation sites is 1. The molecule has 2 heterocycles. The average Bonchev–Trinajstić information content (AvgIpc) is 2.95. The molecular formula is C15H15N3O3. The summed E-state index contributed by atoms with van der Waals surface area (Å²) in [4.78, 5) is 29.2. The number of carbonyl (C=O) groups excluding carboxylic acids is 1. The quantitative estimate of drug-likeness (QED) is 0.888. The topological polar surface area (TPSA) is 96.5 Å². The van der Waals surface area contributed by atoms with Crippen LogP contribution in [-0.4, -0.2) is 34.6 Å². The van der Waals surface area contributed by atoms with Crippen LogP contribution in [0.4, 0.5) is 5.82 Å². The van der Waals surface area contributed by atoms with E-state index in [4.69, 9.17) is 5.73 Å². The molecule has 2 aromatic rings. The number of nitrogens with two attached hydrogens (primary N) is 1. The molecule has 1 amide bonds. The van der Waals surface area contributed by atoms with Crippen molar-refractivity contribution >= 4 is 28.6 Å². The summed E-state index contributed by atoms with van der Waals surface area (Å²) in [6.07, 6.45) is 1.37. The largest absolute Gasteiger partial charge is 0.480 e. The van der Waals surface area contributed by atoms with Gasteiger partial charge in [0, 0.05) is 11.9 Å². The highest BCUT2D eigenvalue weighted by Crippen LogP contribution is 2.28. The fourth-order valence-corrected chi connectivity index (χ4v) is 2.81. The van der Waals surface area contributed by atoms with Gasteiger partial charge in [-0.1, -0.05) is 18.2 Å². The van der Waals surface area contributed by atoms with Crippen LogP contribution in [0.5, 0.6) is 0 Å². The van der Waals surface area contributed by atoms with Gasteiger partial charge < -0.3 is 15.7 Å². The minimum absolute atomic E-state index is 0.367. The molecule has 1 aromatic carbocycles. The van der Waals surface area contributed by atoms with Gasteiger partial charge in [-0.15, -0.1) is 0 Å². The fourth-order valence-electron chi connectivity index (χ4n) is 2.81. The minimum atomic E-state index is -0.872. The van der Waals surface area contributed by atoms with Crippen molar-refractivity contribution in [2.24, 2.45) is 5.73 Å². The maximum Gasteiger partial charge on any atom is 0.326 e. The van der Waals surface area contributed by atoms with E-state index in [-0.39, 0.29) is 0 Å². The summed E-state index contributed by atoms with van der Waals surface area (Å²) >= 11 is 0. The van der Waals surface area contributed by atoms with Crippen LogP contribution in [0, 0.1) is 0 Å². The third kappa shape index (κ3) is 2.29. The molecule has 21 heavy (non-hydrogen) atoms. The number of pyridine rings is 1. The van der Waals surface area contributed by atoms with Crippen molar-refractivity contribution in [1.82, 2.24) is 4.98 Å². The van der Waals surface area contributed by atoms with Gasteiger partial charge in [0.05, 0.1) is 11.1 Å². The zero-order chi connectivity index (χ0) is 15.0. The van der Waals surface area contributed by atoms with Gasteiger partial charge in [0.15, 0.2) is 0 Å². The Morgan fingerprint density at radius 2 is 2.10 bits per heavy atom. The molecule has 0 bridgehead atoms. The third-order valence-corrected chi connectivity index (χ3v) is 3.80. The first-order chi connectivity index (χ1) is 10.1. The molecule has 1 aliphatic rings. The van der Waals surface area contributed by atoms with Crippen molar-refractivity contribution in [3.8, 4) is 0 Å². The van der Waals surface area contributed by atoms with Crippen LogP contribution in [0.2, 0.25) is 0 Å². The maximum absolute atomic E-state index is 11.7. The molecule has 0 aliphatic carbocycles. The highest BCUT2D eigenvalue weighted by atomic mass is 16.4. The van der Waals surface area contributed by atoms with E-state index < -0.39 is 17.9 Å². The highest BCUT2D eigenvalue weighted by molar-refractivity contribution is 6.06. The molecule has 3 rings (SSSR count). The summed E-state index contributed by atoms with van der Waals surface area (Å²) in [6, 6.07) is 8.20. The molecule has 108 valence electrons. The molecule has 3 N–H and O–H groups in total. The number of carboxylic acids is 1. The number of amides is 1. The predicted molar refractivity (Wildman–Crippen MR) is 78.3 cm³/mol. The first-order valence-corrected chi connectivity index (χ1v) is 6.77. The molecule has 1 aliphatic heterocycles. The lowest BCUT2D eigenvalue weighted by Gasteiger charge is -2.23. The van der Waals surface area contributed by atoms with Crippen molar-refractivity contribution < 1.29 is 14.7 Å². The molecule has 1 unspecified atom stereocenters. The molecule has 1 atom stereocenters. The van der Waals surface area contributed by atoms with Crippen molar-refractivity contribution in [3.63, 3.8) is 0 Å². The van der Waals surface area contributed by atoms with E-state index in [9.17, 15) is 14.7 Å². The molecule has 6 nitrogen and oxygen atoms in total. The Kier molecular flexibility index (Phi) is 3.21. The summed E-state index contributed by atoms with van der Waals surface area (Å²) in [5.41, 5.74) is 6.45. The average molecular weight is 285 g/mol. The van der Waals surface area contributed by atoms with Crippen LogP contribution in [0.1, 0.15) is 23.2 Å². The van der Waals surface area contributed by atoms with E-state index in [1.165, 1.54) is 0 Å². The summed E-state index contributed by atoms with van der Waals surface area (Å²) in [5, 5.41) is 9.96. The van der Waals surface area contributed by atoms with Crippen LogP contribution >= 0.6 is 0 Å². The van der Waals surface area contributed by atoms with Crippen molar-refractivity contribution in [2.75, 3.05) is 11.4 Å². The van der Waals surface area contributed by atoms with Crippen molar-refractivity contribution in [2.45, 2.75) is 18.9 Å². The van der Waals surface area contributed by atoms with E-state index >= 15 is 0 Å². The van der Waals surface area contributed by atoms with E-state index in [2.05, 4.69) is 4.98 Å². The van der Waals surface area contributed by atoms with E-state index in [0.29, 0.717) is 35.2 Å². The van der Waals surface area contributed by atoms with Crippen LogP contribution in [0.25, 0.3) is 10.9 Å². The second-order valence-electron chi connectivity index (χ2n) is 5.10. The van der Waals surface area contributed by atoms with Crippen LogP contribution in [0.15, 0.2) is 30.3 Å². The Morgan fingerprint density at radius 3 is 2.81 bits per heavy atom. The second-order valence-corrected chi connectivity index (χ2v) is 5.10. The van der Waals surface area contributed by atoms with Gasteiger partial charge in [0.1, 0.15) is 11.9 Å². The molecular weight excluding hydrogens is 270 g/mol. The van der Waals surface area contributed by atoms with Crippen molar-refractivity contribution in [3.05, 3.63) is 35.9 Å². The normalized spacial score (nSPS) is 18.1. The lowest BCUT2D eigenvalue weighted by atomic mass is 10.1. The molecule has 0 radical (unpaired) electrons. The monoisotopic (exact) mass is 285 g/mol. The standard InChI is InChI=1S/C15H15N3O3/c16-14(19)10-8-13(17-11-5-2-1-4-9(10)11)18-7-3-6-12(18)15(20)21/h1-2,4-5,8,12H,3,6-7H2,(H2,16,19)(H,20,21). The summed E-state index contributed by atoms with van der Waals surface area (Å²) in [5.74, 6) is -0.920. The predicted octanol–water partition coefficient (Wildman–Crippen LogP) is 1.39. The zero-order valence-electron chi connectivity index (χ0n) is 11.3. The number of primary amides is 1. The van der Waals surface area contributed by atoms with Gasteiger partial charge in [0.2, 0.25) is 5.91 Å². The van der Waals surface area contributed by atoms with Crippen LogP contribution < -0.4 is 10.6 Å². The number of hydrogen-bond acceptors (Lipinski definition) is 4. The third-order valence-electron chi connectivity index (χ3n) is 3.80. The number of carbonyl (C=O) groups is 2. The van der Waals surface area contributed by atoms with E-state index in [1.807, 2.05) is 12.1 Å². The number of carboxylic acid groups (broad SMARTS) is 1. The lowest BCUT2D eigenvalue weighted by molar-refractivity contribution is -0.138. The number of fused-ring (bicyclic) bond motifs is 1.